The minimum Gasteiger partial charge on any atom is -0.272 e. The van der Waals surface area contributed by atoms with E-state index in [0.29, 0.717) is 17.6 Å². The molecule has 0 spiro atoms. The van der Waals surface area contributed by atoms with E-state index in [1.807, 2.05) is 24.3 Å². The molecule has 6 heteroatoms. The predicted octanol–water partition coefficient (Wildman–Crippen LogP) is 3.46. The molecule has 1 fully saturated rings. The summed E-state index contributed by atoms with van der Waals surface area (Å²) in [6.07, 6.45) is 6.53. The van der Waals surface area contributed by atoms with E-state index in [9.17, 15) is 4.79 Å². The number of nitrogens with one attached hydrogen (secondary N) is 1. The summed E-state index contributed by atoms with van der Waals surface area (Å²) < 4.78 is 2.08. The number of hydrazone groups is 1. The van der Waals surface area contributed by atoms with Crippen LogP contribution in [0, 0.1) is 11.8 Å². The van der Waals surface area contributed by atoms with Gasteiger partial charge in [0.2, 0.25) is 0 Å². The Morgan fingerprint density at radius 1 is 1.45 bits per heavy atom. The van der Waals surface area contributed by atoms with Gasteiger partial charge in [0.15, 0.2) is 4.34 Å². The molecular formula is C16H15N3OS2. The van der Waals surface area contributed by atoms with Crippen LogP contribution >= 0.6 is 23.1 Å². The summed E-state index contributed by atoms with van der Waals surface area (Å²) in [6.45, 7) is 0. The van der Waals surface area contributed by atoms with Crippen molar-refractivity contribution in [2.75, 3.05) is 5.75 Å². The average Bonchev–Trinajstić information content (AvgIpc) is 3.09. The summed E-state index contributed by atoms with van der Waals surface area (Å²) >= 11 is 3.08. The van der Waals surface area contributed by atoms with Crippen LogP contribution in [0.2, 0.25) is 0 Å². The maximum absolute atomic E-state index is 11.9. The number of fused-ring (bicyclic) bond motifs is 2. The molecule has 2 aliphatic carbocycles. The molecule has 4 rings (SSSR count). The summed E-state index contributed by atoms with van der Waals surface area (Å²) in [5.74, 6) is 1.49. The Balaban J connectivity index is 1.30. The van der Waals surface area contributed by atoms with E-state index in [0.717, 1.165) is 33.1 Å². The molecule has 2 aromatic rings. The standard InChI is InChI=1S/C16H15N3OS2/c20-15(19-18-13-8-10-4-3-5-11(10)13)9-21-16-17-12-6-1-2-7-14(12)22-16/h1-4,6-7,10-11H,5,8-9H2,(H,19,20)/b18-13+/t10-,11+/m1/s1. The summed E-state index contributed by atoms with van der Waals surface area (Å²) in [5, 5.41) is 4.27. The van der Waals surface area contributed by atoms with Gasteiger partial charge in [-0.25, -0.2) is 10.4 Å². The maximum atomic E-state index is 11.9. The first-order valence-electron chi connectivity index (χ1n) is 7.30. The lowest BCUT2D eigenvalue weighted by atomic mass is 9.74. The number of carbonyl (C=O) groups excluding carboxylic acids is 1. The van der Waals surface area contributed by atoms with Crippen LogP contribution in [0.4, 0.5) is 0 Å². The molecule has 0 radical (unpaired) electrons. The van der Waals surface area contributed by atoms with Crippen LogP contribution in [-0.2, 0) is 4.79 Å². The van der Waals surface area contributed by atoms with Gasteiger partial charge in [-0.1, -0.05) is 36.0 Å². The number of thioether (sulfide) groups is 1. The molecule has 1 N–H and O–H groups in total. The van der Waals surface area contributed by atoms with Gasteiger partial charge in [0, 0.05) is 11.6 Å². The van der Waals surface area contributed by atoms with E-state index >= 15 is 0 Å². The molecule has 4 nitrogen and oxygen atoms in total. The van der Waals surface area contributed by atoms with Gasteiger partial charge in [0.05, 0.1) is 16.0 Å². The van der Waals surface area contributed by atoms with Gasteiger partial charge in [-0.3, -0.25) is 4.79 Å². The fourth-order valence-corrected chi connectivity index (χ4v) is 4.73. The zero-order chi connectivity index (χ0) is 14.9. The highest BCUT2D eigenvalue weighted by Gasteiger charge is 2.37. The van der Waals surface area contributed by atoms with Crippen molar-refractivity contribution in [3.8, 4) is 0 Å². The van der Waals surface area contributed by atoms with Crippen LogP contribution in [-0.4, -0.2) is 22.4 Å². The molecule has 1 amide bonds. The smallest absolute Gasteiger partial charge is 0.250 e. The number of rotatable bonds is 4. The minimum atomic E-state index is -0.0637. The van der Waals surface area contributed by atoms with Crippen LogP contribution in [0.25, 0.3) is 10.2 Å². The molecule has 1 aromatic heterocycles. The van der Waals surface area contributed by atoms with Crippen LogP contribution < -0.4 is 5.43 Å². The van der Waals surface area contributed by atoms with Gasteiger partial charge in [0.25, 0.3) is 5.91 Å². The molecule has 2 atom stereocenters. The third-order valence-electron chi connectivity index (χ3n) is 4.09. The van der Waals surface area contributed by atoms with Crippen molar-refractivity contribution in [2.24, 2.45) is 16.9 Å². The molecular weight excluding hydrogens is 314 g/mol. The second-order valence-electron chi connectivity index (χ2n) is 5.51. The number of para-hydroxylation sites is 1. The van der Waals surface area contributed by atoms with E-state index in [1.54, 1.807) is 11.3 Å². The zero-order valence-electron chi connectivity index (χ0n) is 11.9. The normalized spacial score (nSPS) is 24.5. The van der Waals surface area contributed by atoms with Crippen LogP contribution in [0.15, 0.2) is 45.9 Å². The predicted molar refractivity (Wildman–Crippen MR) is 91.3 cm³/mol. The minimum absolute atomic E-state index is 0.0637. The largest absolute Gasteiger partial charge is 0.272 e. The number of amides is 1. The van der Waals surface area contributed by atoms with Crippen molar-refractivity contribution in [3.05, 3.63) is 36.4 Å². The number of hydrogen-bond acceptors (Lipinski definition) is 5. The van der Waals surface area contributed by atoms with Crippen LogP contribution in [0.1, 0.15) is 12.8 Å². The molecule has 2 aliphatic rings. The van der Waals surface area contributed by atoms with Crippen molar-refractivity contribution < 1.29 is 4.79 Å². The molecule has 1 heterocycles. The molecule has 112 valence electrons. The lowest BCUT2D eigenvalue weighted by Gasteiger charge is -2.31. The Morgan fingerprint density at radius 3 is 3.23 bits per heavy atom. The summed E-state index contributed by atoms with van der Waals surface area (Å²) in [7, 11) is 0. The van der Waals surface area contributed by atoms with Crippen molar-refractivity contribution >= 4 is 44.9 Å². The van der Waals surface area contributed by atoms with Gasteiger partial charge >= 0.3 is 0 Å². The molecule has 22 heavy (non-hydrogen) atoms. The Kier molecular flexibility index (Phi) is 3.72. The van der Waals surface area contributed by atoms with E-state index in [-0.39, 0.29) is 5.91 Å². The molecule has 1 saturated carbocycles. The highest BCUT2D eigenvalue weighted by atomic mass is 32.2. The van der Waals surface area contributed by atoms with Crippen molar-refractivity contribution in [2.45, 2.75) is 17.2 Å². The Bertz CT molecular complexity index is 748. The fraction of sp³-hybridized carbons (Fsp3) is 0.312. The Hall–Kier alpha value is -1.66. The van der Waals surface area contributed by atoms with Gasteiger partial charge in [-0.05, 0) is 30.9 Å². The van der Waals surface area contributed by atoms with Gasteiger partial charge in [-0.2, -0.15) is 5.10 Å². The summed E-state index contributed by atoms with van der Waals surface area (Å²) in [5.41, 5.74) is 4.80. The number of carbonyl (C=O) groups is 1. The SMILES string of the molecule is O=C(CSc1nc2ccccc2s1)N/N=C1\C[C@H]2C=CC[C@H]12. The molecule has 0 saturated heterocycles. The number of thiazole rings is 1. The van der Waals surface area contributed by atoms with Crippen LogP contribution in [0.3, 0.4) is 0 Å². The summed E-state index contributed by atoms with van der Waals surface area (Å²) in [6, 6.07) is 8.01. The first-order valence-corrected chi connectivity index (χ1v) is 9.10. The number of hydrogen-bond donors (Lipinski definition) is 1. The van der Waals surface area contributed by atoms with E-state index < -0.39 is 0 Å². The molecule has 1 aromatic carbocycles. The zero-order valence-corrected chi connectivity index (χ0v) is 13.5. The average molecular weight is 329 g/mol. The quantitative estimate of drug-likeness (QED) is 0.531. The highest BCUT2D eigenvalue weighted by molar-refractivity contribution is 8.01. The van der Waals surface area contributed by atoms with Crippen molar-refractivity contribution in [1.82, 2.24) is 10.4 Å². The number of aromatic nitrogens is 1. The number of allylic oxidation sites excluding steroid dienone is 2. The lowest BCUT2D eigenvalue weighted by Crippen LogP contribution is -2.35. The van der Waals surface area contributed by atoms with Crippen molar-refractivity contribution in [1.29, 1.82) is 0 Å². The first kappa shape index (κ1) is 14.0. The second kappa shape index (κ2) is 5.85. The lowest BCUT2D eigenvalue weighted by molar-refractivity contribution is -0.118. The highest BCUT2D eigenvalue weighted by Crippen LogP contribution is 2.40. The third-order valence-corrected chi connectivity index (χ3v) is 6.27. The number of benzene rings is 1. The second-order valence-corrected chi connectivity index (χ2v) is 7.77. The fourth-order valence-electron chi connectivity index (χ4n) is 2.87. The van der Waals surface area contributed by atoms with E-state index in [2.05, 4.69) is 27.7 Å². The molecule has 0 aliphatic heterocycles. The van der Waals surface area contributed by atoms with Gasteiger partial charge < -0.3 is 0 Å². The van der Waals surface area contributed by atoms with Gasteiger partial charge in [0.1, 0.15) is 0 Å². The van der Waals surface area contributed by atoms with Crippen molar-refractivity contribution in [3.63, 3.8) is 0 Å². The van der Waals surface area contributed by atoms with Crippen LogP contribution in [0.5, 0.6) is 0 Å². The van der Waals surface area contributed by atoms with E-state index in [4.69, 9.17) is 0 Å². The van der Waals surface area contributed by atoms with E-state index in [1.165, 1.54) is 11.8 Å². The maximum Gasteiger partial charge on any atom is 0.250 e. The summed E-state index contributed by atoms with van der Waals surface area (Å²) in [4.78, 5) is 16.4. The Labute approximate surface area is 136 Å². The first-order chi connectivity index (χ1) is 10.8. The monoisotopic (exact) mass is 329 g/mol. The Morgan fingerprint density at radius 2 is 2.36 bits per heavy atom. The van der Waals surface area contributed by atoms with Gasteiger partial charge in [-0.15, -0.1) is 11.3 Å². The molecule has 0 bridgehead atoms. The molecule has 0 unspecified atom stereocenters. The topological polar surface area (TPSA) is 54.4 Å². The number of nitrogens with zero attached hydrogens (tertiary/aromatic N) is 2. The third kappa shape index (κ3) is 2.68.